The van der Waals surface area contributed by atoms with Crippen LogP contribution in [-0.4, -0.2) is 33.0 Å². The molecule has 7 nitrogen and oxygen atoms in total. The maximum atomic E-state index is 12.4. The highest BCUT2D eigenvalue weighted by Crippen LogP contribution is 2.39. The minimum absolute atomic E-state index is 0.0787. The second-order valence-corrected chi connectivity index (χ2v) is 5.63. The molecule has 2 amide bonds. The van der Waals surface area contributed by atoms with Gasteiger partial charge in [0.25, 0.3) is 5.91 Å². The van der Waals surface area contributed by atoms with Gasteiger partial charge in [-0.05, 0) is 36.4 Å². The van der Waals surface area contributed by atoms with Crippen molar-refractivity contribution in [3.8, 4) is 11.5 Å². The van der Waals surface area contributed by atoms with E-state index in [2.05, 4.69) is 10.1 Å². The molecule has 1 aliphatic rings. The summed E-state index contributed by atoms with van der Waals surface area (Å²) in [6, 6.07) is 9.84. The number of halogens is 1. The van der Waals surface area contributed by atoms with Crippen LogP contribution in [-0.2, 0) is 4.74 Å². The van der Waals surface area contributed by atoms with Crippen LogP contribution in [0.5, 0.6) is 11.5 Å². The summed E-state index contributed by atoms with van der Waals surface area (Å²) in [6.07, 6.45) is -0.480. The van der Waals surface area contributed by atoms with Gasteiger partial charge in [0.2, 0.25) is 6.79 Å². The molecule has 0 saturated carbocycles. The van der Waals surface area contributed by atoms with Gasteiger partial charge in [-0.2, -0.15) is 0 Å². The fourth-order valence-electron chi connectivity index (χ4n) is 2.31. The SMILES string of the molecule is COC(=O)N(C)c1ccc(NC(=O)c2cc(Cl)c3c(c2)OCO3)cc1. The number of benzene rings is 2. The van der Waals surface area contributed by atoms with Crippen molar-refractivity contribution < 1.29 is 23.8 Å². The zero-order chi connectivity index (χ0) is 18.0. The van der Waals surface area contributed by atoms with E-state index in [4.69, 9.17) is 21.1 Å². The zero-order valence-electron chi connectivity index (χ0n) is 13.5. The van der Waals surface area contributed by atoms with Gasteiger partial charge < -0.3 is 19.5 Å². The van der Waals surface area contributed by atoms with Crippen molar-refractivity contribution >= 4 is 35.0 Å². The minimum Gasteiger partial charge on any atom is -0.454 e. The van der Waals surface area contributed by atoms with Gasteiger partial charge in [0.05, 0.1) is 12.1 Å². The molecule has 0 bridgehead atoms. The first-order valence-electron chi connectivity index (χ1n) is 7.32. The Morgan fingerprint density at radius 3 is 2.60 bits per heavy atom. The Morgan fingerprint density at radius 2 is 1.92 bits per heavy atom. The predicted octanol–water partition coefficient (Wildman–Crippen LogP) is 3.52. The number of nitrogens with one attached hydrogen (secondary N) is 1. The Hall–Kier alpha value is -2.93. The quantitative estimate of drug-likeness (QED) is 0.903. The third-order valence-corrected chi connectivity index (χ3v) is 3.93. The van der Waals surface area contributed by atoms with Gasteiger partial charge in [0.1, 0.15) is 0 Å². The molecular formula is C17H15ClN2O5. The second kappa shape index (κ2) is 6.90. The third kappa shape index (κ3) is 3.46. The Labute approximate surface area is 149 Å². The molecule has 0 atom stereocenters. The molecule has 2 aromatic carbocycles. The van der Waals surface area contributed by atoms with E-state index in [-0.39, 0.29) is 12.7 Å². The van der Waals surface area contributed by atoms with Gasteiger partial charge >= 0.3 is 6.09 Å². The van der Waals surface area contributed by atoms with Crippen LogP contribution >= 0.6 is 11.6 Å². The average Bonchev–Trinajstić information content (AvgIpc) is 3.10. The number of carbonyl (C=O) groups excluding carboxylic acids is 2. The average molecular weight is 363 g/mol. The number of carbonyl (C=O) groups is 2. The summed E-state index contributed by atoms with van der Waals surface area (Å²) in [7, 11) is 2.90. The summed E-state index contributed by atoms with van der Waals surface area (Å²) in [6.45, 7) is 0.0787. The number of ether oxygens (including phenoxy) is 3. The van der Waals surface area contributed by atoms with E-state index in [1.807, 2.05) is 0 Å². The standard InChI is InChI=1S/C17H15ClN2O5/c1-20(17(22)23-2)12-5-3-11(4-6-12)19-16(21)10-7-13(18)15-14(8-10)24-9-25-15/h3-8H,9H2,1-2H3,(H,19,21). The van der Waals surface area contributed by atoms with E-state index in [0.29, 0.717) is 33.5 Å². The van der Waals surface area contributed by atoms with Crippen LogP contribution in [0, 0.1) is 0 Å². The predicted molar refractivity (Wildman–Crippen MR) is 92.8 cm³/mol. The van der Waals surface area contributed by atoms with Crippen LogP contribution in [0.25, 0.3) is 0 Å². The number of nitrogens with zero attached hydrogens (tertiary/aromatic N) is 1. The lowest BCUT2D eigenvalue weighted by Crippen LogP contribution is -2.25. The van der Waals surface area contributed by atoms with E-state index in [1.165, 1.54) is 18.1 Å². The van der Waals surface area contributed by atoms with Crippen LogP contribution in [0.3, 0.4) is 0 Å². The molecule has 1 N–H and O–H groups in total. The van der Waals surface area contributed by atoms with E-state index >= 15 is 0 Å². The fraction of sp³-hybridized carbons (Fsp3) is 0.176. The molecule has 3 rings (SSSR count). The normalized spacial score (nSPS) is 11.8. The fourth-order valence-corrected chi connectivity index (χ4v) is 2.58. The molecule has 0 spiro atoms. The van der Waals surface area contributed by atoms with Gasteiger partial charge in [0.15, 0.2) is 11.5 Å². The maximum absolute atomic E-state index is 12.4. The van der Waals surface area contributed by atoms with Crippen molar-refractivity contribution in [2.45, 2.75) is 0 Å². The summed E-state index contributed by atoms with van der Waals surface area (Å²) in [5.41, 5.74) is 1.56. The number of amides is 2. The molecule has 2 aromatic rings. The van der Waals surface area contributed by atoms with E-state index < -0.39 is 6.09 Å². The topological polar surface area (TPSA) is 77.1 Å². The molecular weight excluding hydrogens is 348 g/mol. The molecule has 130 valence electrons. The zero-order valence-corrected chi connectivity index (χ0v) is 14.3. The monoisotopic (exact) mass is 362 g/mol. The number of fused-ring (bicyclic) bond motifs is 1. The minimum atomic E-state index is -0.480. The molecule has 8 heteroatoms. The van der Waals surface area contributed by atoms with Gasteiger partial charge in [0, 0.05) is 24.0 Å². The van der Waals surface area contributed by atoms with Gasteiger partial charge in [-0.25, -0.2) is 4.79 Å². The molecule has 1 aliphatic heterocycles. The highest BCUT2D eigenvalue weighted by molar-refractivity contribution is 6.32. The van der Waals surface area contributed by atoms with Crippen molar-refractivity contribution in [1.82, 2.24) is 0 Å². The van der Waals surface area contributed by atoms with Crippen molar-refractivity contribution in [2.24, 2.45) is 0 Å². The smallest absolute Gasteiger partial charge is 0.413 e. The Balaban J connectivity index is 1.73. The van der Waals surface area contributed by atoms with Gasteiger partial charge in [-0.3, -0.25) is 9.69 Å². The highest BCUT2D eigenvalue weighted by atomic mass is 35.5. The molecule has 25 heavy (non-hydrogen) atoms. The van der Waals surface area contributed by atoms with Gasteiger partial charge in [-0.1, -0.05) is 11.6 Å². The first-order valence-corrected chi connectivity index (χ1v) is 7.69. The third-order valence-electron chi connectivity index (χ3n) is 3.65. The molecule has 0 aromatic heterocycles. The lowest BCUT2D eigenvalue weighted by atomic mass is 10.1. The number of rotatable bonds is 3. The van der Waals surface area contributed by atoms with Crippen molar-refractivity contribution in [1.29, 1.82) is 0 Å². The first-order chi connectivity index (χ1) is 12.0. The molecule has 0 radical (unpaired) electrons. The molecule has 1 heterocycles. The number of anilines is 2. The Morgan fingerprint density at radius 1 is 1.20 bits per heavy atom. The summed E-state index contributed by atoms with van der Waals surface area (Å²) < 4.78 is 15.1. The molecule has 0 aliphatic carbocycles. The van der Waals surface area contributed by atoms with E-state index in [0.717, 1.165) is 0 Å². The van der Waals surface area contributed by atoms with Crippen LogP contribution in [0.4, 0.5) is 16.2 Å². The Bertz CT molecular complexity index is 823. The van der Waals surface area contributed by atoms with Crippen molar-refractivity contribution in [3.05, 3.63) is 47.0 Å². The maximum Gasteiger partial charge on any atom is 0.413 e. The van der Waals surface area contributed by atoms with Crippen LogP contribution in [0.15, 0.2) is 36.4 Å². The van der Waals surface area contributed by atoms with Gasteiger partial charge in [-0.15, -0.1) is 0 Å². The van der Waals surface area contributed by atoms with Crippen LogP contribution in [0.2, 0.25) is 5.02 Å². The number of hydrogen-bond acceptors (Lipinski definition) is 5. The number of methoxy groups -OCH3 is 1. The van der Waals surface area contributed by atoms with E-state index in [1.54, 1.807) is 37.4 Å². The Kier molecular flexibility index (Phi) is 4.67. The lowest BCUT2D eigenvalue weighted by Gasteiger charge is -2.16. The number of hydrogen-bond donors (Lipinski definition) is 1. The van der Waals surface area contributed by atoms with Crippen LogP contribution in [0.1, 0.15) is 10.4 Å². The first kappa shape index (κ1) is 16.9. The van der Waals surface area contributed by atoms with Crippen LogP contribution < -0.4 is 19.7 Å². The summed E-state index contributed by atoms with van der Waals surface area (Å²) in [5.74, 6) is 0.537. The molecule has 0 unspecified atom stereocenters. The molecule has 0 fully saturated rings. The summed E-state index contributed by atoms with van der Waals surface area (Å²) in [4.78, 5) is 25.2. The van der Waals surface area contributed by atoms with E-state index in [9.17, 15) is 9.59 Å². The van der Waals surface area contributed by atoms with Crippen molar-refractivity contribution in [2.75, 3.05) is 31.2 Å². The lowest BCUT2D eigenvalue weighted by molar-refractivity contribution is 0.102. The summed E-state index contributed by atoms with van der Waals surface area (Å²) >= 11 is 6.09. The summed E-state index contributed by atoms with van der Waals surface area (Å²) in [5, 5.41) is 3.07. The molecule has 0 saturated heterocycles. The highest BCUT2D eigenvalue weighted by Gasteiger charge is 2.20. The van der Waals surface area contributed by atoms with Crippen molar-refractivity contribution in [3.63, 3.8) is 0 Å². The largest absolute Gasteiger partial charge is 0.454 e. The second-order valence-electron chi connectivity index (χ2n) is 5.22.